The molecule has 2 aromatic carbocycles. The number of aromatic nitrogens is 2. The highest BCUT2D eigenvalue weighted by Gasteiger charge is 2.24. The van der Waals surface area contributed by atoms with Crippen LogP contribution in [-0.4, -0.2) is 16.0 Å². The molecule has 2 heterocycles. The van der Waals surface area contributed by atoms with E-state index in [0.29, 0.717) is 5.69 Å². The van der Waals surface area contributed by atoms with Gasteiger partial charge in [-0.05, 0) is 37.5 Å². The van der Waals surface area contributed by atoms with Gasteiger partial charge >= 0.3 is 0 Å². The standard InChI is InChI=1S/C20H20N4/c1-13-4-2-5-15(10-13)20-19(18-6-3-9-24(18)23-20)14-7-8-16(12-21)17(22)11-14/h2,4-5,7-8,10-12,21H,3,6,9,22H2,1H3. The van der Waals surface area contributed by atoms with E-state index in [0.717, 1.165) is 41.8 Å². The van der Waals surface area contributed by atoms with Crippen molar-refractivity contribution in [2.24, 2.45) is 0 Å². The maximum Gasteiger partial charge on any atom is 0.100 e. The highest BCUT2D eigenvalue weighted by Crippen LogP contribution is 2.38. The number of nitrogens with zero attached hydrogens (tertiary/aromatic N) is 2. The fourth-order valence-corrected chi connectivity index (χ4v) is 3.49. The number of fused-ring (bicyclic) bond motifs is 1. The minimum Gasteiger partial charge on any atom is -0.398 e. The molecule has 0 unspecified atom stereocenters. The van der Waals surface area contributed by atoms with Crippen molar-refractivity contribution >= 4 is 11.9 Å². The van der Waals surface area contributed by atoms with Crippen molar-refractivity contribution in [1.82, 2.24) is 9.78 Å². The largest absolute Gasteiger partial charge is 0.398 e. The third-order valence-corrected chi connectivity index (χ3v) is 4.66. The van der Waals surface area contributed by atoms with Gasteiger partial charge in [0.25, 0.3) is 0 Å². The van der Waals surface area contributed by atoms with Crippen molar-refractivity contribution in [3.05, 3.63) is 59.3 Å². The van der Waals surface area contributed by atoms with E-state index >= 15 is 0 Å². The van der Waals surface area contributed by atoms with Crippen LogP contribution in [0.5, 0.6) is 0 Å². The predicted octanol–water partition coefficient (Wildman–Crippen LogP) is 4.05. The summed E-state index contributed by atoms with van der Waals surface area (Å²) in [7, 11) is 0. The van der Waals surface area contributed by atoms with Crippen LogP contribution in [0.2, 0.25) is 0 Å². The van der Waals surface area contributed by atoms with E-state index < -0.39 is 0 Å². The third-order valence-electron chi connectivity index (χ3n) is 4.66. The average molecular weight is 316 g/mol. The predicted molar refractivity (Wildman–Crippen MR) is 98.5 cm³/mol. The Bertz CT molecular complexity index is 937. The SMILES string of the molecule is Cc1cccc(-c2nn3c(c2-c2ccc(C=N)c(N)c2)CCC3)c1. The molecular formula is C20H20N4. The number of nitrogen functional groups attached to an aromatic ring is 1. The lowest BCUT2D eigenvalue weighted by Gasteiger charge is -2.08. The van der Waals surface area contributed by atoms with E-state index in [-0.39, 0.29) is 0 Å². The molecule has 4 rings (SSSR count). The first-order valence-electron chi connectivity index (χ1n) is 8.24. The molecule has 0 saturated carbocycles. The molecule has 0 saturated heterocycles. The molecule has 0 bridgehead atoms. The highest BCUT2D eigenvalue weighted by atomic mass is 15.3. The number of hydrogen-bond donors (Lipinski definition) is 2. The molecule has 0 radical (unpaired) electrons. The second-order valence-corrected chi connectivity index (χ2v) is 6.35. The first-order chi connectivity index (χ1) is 11.7. The van der Waals surface area contributed by atoms with E-state index in [1.165, 1.54) is 23.0 Å². The van der Waals surface area contributed by atoms with Gasteiger partial charge in [0.1, 0.15) is 5.69 Å². The molecule has 0 spiro atoms. The minimum absolute atomic E-state index is 0.635. The molecule has 0 fully saturated rings. The van der Waals surface area contributed by atoms with E-state index in [9.17, 15) is 0 Å². The topological polar surface area (TPSA) is 67.7 Å². The molecule has 1 aliphatic heterocycles. The lowest BCUT2D eigenvalue weighted by atomic mass is 9.96. The van der Waals surface area contributed by atoms with Gasteiger partial charge in [-0.1, -0.05) is 35.9 Å². The molecule has 0 amide bonds. The summed E-state index contributed by atoms with van der Waals surface area (Å²) < 4.78 is 2.13. The zero-order chi connectivity index (χ0) is 16.7. The summed E-state index contributed by atoms with van der Waals surface area (Å²) in [4.78, 5) is 0. The molecule has 3 N–H and O–H groups in total. The smallest absolute Gasteiger partial charge is 0.100 e. The van der Waals surface area contributed by atoms with Gasteiger partial charge in [-0.15, -0.1) is 0 Å². The van der Waals surface area contributed by atoms with Crippen LogP contribution in [0.25, 0.3) is 22.4 Å². The first kappa shape index (κ1) is 14.7. The summed E-state index contributed by atoms with van der Waals surface area (Å²) in [6.45, 7) is 3.08. The van der Waals surface area contributed by atoms with Crippen molar-refractivity contribution in [2.75, 3.05) is 5.73 Å². The van der Waals surface area contributed by atoms with E-state index in [1.807, 2.05) is 18.2 Å². The van der Waals surface area contributed by atoms with Crippen molar-refractivity contribution in [1.29, 1.82) is 5.41 Å². The first-order valence-corrected chi connectivity index (χ1v) is 8.24. The van der Waals surface area contributed by atoms with Gasteiger partial charge in [-0.2, -0.15) is 5.10 Å². The summed E-state index contributed by atoms with van der Waals surface area (Å²) >= 11 is 0. The number of nitrogens with two attached hydrogens (primary N) is 1. The van der Waals surface area contributed by atoms with Crippen LogP contribution >= 0.6 is 0 Å². The molecule has 4 heteroatoms. The van der Waals surface area contributed by atoms with Crippen LogP contribution in [0.3, 0.4) is 0 Å². The van der Waals surface area contributed by atoms with Gasteiger partial charge in [0, 0.05) is 40.8 Å². The van der Waals surface area contributed by atoms with Gasteiger partial charge in [0.05, 0.1) is 0 Å². The van der Waals surface area contributed by atoms with Crippen molar-refractivity contribution in [3.63, 3.8) is 0 Å². The second-order valence-electron chi connectivity index (χ2n) is 6.35. The molecule has 0 aliphatic carbocycles. The van der Waals surface area contributed by atoms with Gasteiger partial charge in [0.2, 0.25) is 0 Å². The molecule has 24 heavy (non-hydrogen) atoms. The highest BCUT2D eigenvalue weighted by molar-refractivity contribution is 5.90. The summed E-state index contributed by atoms with van der Waals surface area (Å²) in [5.74, 6) is 0. The van der Waals surface area contributed by atoms with Crippen LogP contribution in [0.1, 0.15) is 23.2 Å². The third kappa shape index (κ3) is 2.31. The number of nitrogens with one attached hydrogen (secondary N) is 1. The Balaban J connectivity index is 1.94. The number of anilines is 1. The van der Waals surface area contributed by atoms with Crippen LogP contribution in [-0.2, 0) is 13.0 Å². The quantitative estimate of drug-likeness (QED) is 0.565. The normalized spacial score (nSPS) is 13.0. The van der Waals surface area contributed by atoms with Crippen LogP contribution < -0.4 is 5.73 Å². The number of aryl methyl sites for hydroxylation is 2. The number of rotatable bonds is 3. The van der Waals surface area contributed by atoms with Gasteiger partial charge in [0.15, 0.2) is 0 Å². The zero-order valence-electron chi connectivity index (χ0n) is 13.7. The Morgan fingerprint density at radius 1 is 1.17 bits per heavy atom. The molecule has 4 nitrogen and oxygen atoms in total. The average Bonchev–Trinajstić information content (AvgIpc) is 3.15. The Hall–Kier alpha value is -2.88. The Kier molecular flexibility index (Phi) is 3.45. The fourth-order valence-electron chi connectivity index (χ4n) is 3.49. The minimum atomic E-state index is 0.635. The molecule has 1 aromatic heterocycles. The van der Waals surface area contributed by atoms with Gasteiger partial charge in [-0.3, -0.25) is 4.68 Å². The van der Waals surface area contributed by atoms with Crippen molar-refractivity contribution in [2.45, 2.75) is 26.3 Å². The van der Waals surface area contributed by atoms with Crippen LogP contribution in [0.15, 0.2) is 42.5 Å². The molecule has 120 valence electrons. The van der Waals surface area contributed by atoms with Crippen LogP contribution in [0, 0.1) is 12.3 Å². The van der Waals surface area contributed by atoms with Gasteiger partial charge < -0.3 is 11.1 Å². The van der Waals surface area contributed by atoms with Crippen molar-refractivity contribution in [3.8, 4) is 22.4 Å². The van der Waals surface area contributed by atoms with Crippen LogP contribution in [0.4, 0.5) is 5.69 Å². The summed E-state index contributed by atoms with van der Waals surface area (Å²) in [5, 5.41) is 12.3. The number of hydrogen-bond acceptors (Lipinski definition) is 3. The lowest BCUT2D eigenvalue weighted by molar-refractivity contribution is 0.659. The molecule has 1 aliphatic rings. The summed E-state index contributed by atoms with van der Waals surface area (Å²) in [5.41, 5.74) is 14.4. The summed E-state index contributed by atoms with van der Waals surface area (Å²) in [6, 6.07) is 14.4. The lowest BCUT2D eigenvalue weighted by Crippen LogP contribution is -1.95. The fraction of sp³-hybridized carbons (Fsp3) is 0.200. The van der Waals surface area contributed by atoms with E-state index in [1.54, 1.807) is 0 Å². The van der Waals surface area contributed by atoms with E-state index in [4.69, 9.17) is 16.2 Å². The maximum atomic E-state index is 7.43. The van der Waals surface area contributed by atoms with Gasteiger partial charge in [-0.25, -0.2) is 0 Å². The Labute approximate surface area is 141 Å². The molecule has 3 aromatic rings. The monoisotopic (exact) mass is 316 g/mol. The Morgan fingerprint density at radius 2 is 2.04 bits per heavy atom. The zero-order valence-corrected chi connectivity index (χ0v) is 13.7. The molecular weight excluding hydrogens is 296 g/mol. The summed E-state index contributed by atoms with van der Waals surface area (Å²) in [6.07, 6.45) is 3.47. The molecule has 0 atom stereocenters. The maximum absolute atomic E-state index is 7.43. The second kappa shape index (κ2) is 5.64. The number of benzene rings is 2. The Morgan fingerprint density at radius 3 is 2.79 bits per heavy atom. The van der Waals surface area contributed by atoms with E-state index in [2.05, 4.69) is 35.9 Å². The van der Waals surface area contributed by atoms with Crippen molar-refractivity contribution < 1.29 is 0 Å².